The van der Waals surface area contributed by atoms with Crippen LogP contribution in [0.3, 0.4) is 0 Å². The summed E-state index contributed by atoms with van der Waals surface area (Å²) in [5.41, 5.74) is 2.98. The zero-order chi connectivity index (χ0) is 25.6. The average molecular weight is 486 g/mol. The van der Waals surface area contributed by atoms with Crippen molar-refractivity contribution in [3.63, 3.8) is 0 Å². The van der Waals surface area contributed by atoms with Crippen molar-refractivity contribution < 1.29 is 14.3 Å². The van der Waals surface area contributed by atoms with Gasteiger partial charge in [-0.3, -0.25) is 9.36 Å². The van der Waals surface area contributed by atoms with Crippen molar-refractivity contribution >= 4 is 17.0 Å². The van der Waals surface area contributed by atoms with E-state index in [0.717, 1.165) is 34.1 Å². The van der Waals surface area contributed by atoms with Gasteiger partial charge in [0.1, 0.15) is 5.75 Å². The summed E-state index contributed by atoms with van der Waals surface area (Å²) < 4.78 is 13.1. The zero-order valence-electron chi connectivity index (χ0n) is 20.7. The van der Waals surface area contributed by atoms with Crippen molar-refractivity contribution in [3.8, 4) is 11.4 Å². The fourth-order valence-electron chi connectivity index (χ4n) is 4.53. The Balaban J connectivity index is 1.92. The number of para-hydroxylation sites is 2. The van der Waals surface area contributed by atoms with E-state index in [4.69, 9.17) is 14.5 Å². The standard InChI is InChI=1S/C28H27N3O5/c1-16-9-10-17(2)19(13-16)15-30-26(32)24-20(27(33)36-4)14-21(18-11-12-18)29-25(24)31(28(30)34)22-7-5-6-8-23(22)35-3/h5-10,13-14,18H,11-12,15H2,1-4H3. The van der Waals surface area contributed by atoms with Crippen molar-refractivity contribution in [1.29, 1.82) is 0 Å². The van der Waals surface area contributed by atoms with E-state index in [1.165, 1.54) is 18.8 Å². The molecule has 1 aliphatic carbocycles. The van der Waals surface area contributed by atoms with Gasteiger partial charge in [0.2, 0.25) is 0 Å². The quantitative estimate of drug-likeness (QED) is 0.385. The molecule has 0 radical (unpaired) electrons. The molecule has 1 saturated carbocycles. The Labute approximate surface area is 207 Å². The second-order valence-corrected chi connectivity index (χ2v) is 9.17. The van der Waals surface area contributed by atoms with Crippen LogP contribution >= 0.6 is 0 Å². The Morgan fingerprint density at radius 1 is 1.06 bits per heavy atom. The van der Waals surface area contributed by atoms with Crippen molar-refractivity contribution in [2.75, 3.05) is 14.2 Å². The fraction of sp³-hybridized carbons (Fsp3) is 0.286. The number of benzene rings is 2. The van der Waals surface area contributed by atoms with Crippen molar-refractivity contribution in [1.82, 2.24) is 14.1 Å². The van der Waals surface area contributed by atoms with Gasteiger partial charge in [0, 0.05) is 11.6 Å². The molecule has 2 heterocycles. The number of nitrogens with zero attached hydrogens (tertiary/aromatic N) is 3. The minimum Gasteiger partial charge on any atom is -0.495 e. The van der Waals surface area contributed by atoms with Crippen LogP contribution in [0, 0.1) is 13.8 Å². The second-order valence-electron chi connectivity index (χ2n) is 9.17. The third kappa shape index (κ3) is 3.98. The highest BCUT2D eigenvalue weighted by atomic mass is 16.5. The number of carbonyl (C=O) groups is 1. The molecule has 1 aliphatic rings. The van der Waals surface area contributed by atoms with Gasteiger partial charge in [-0.1, -0.05) is 35.9 Å². The number of rotatable bonds is 6. The van der Waals surface area contributed by atoms with Gasteiger partial charge >= 0.3 is 11.7 Å². The Morgan fingerprint density at radius 2 is 1.81 bits per heavy atom. The van der Waals surface area contributed by atoms with Crippen molar-refractivity contribution in [2.24, 2.45) is 0 Å². The van der Waals surface area contributed by atoms with E-state index in [-0.39, 0.29) is 29.1 Å². The molecule has 0 atom stereocenters. The van der Waals surface area contributed by atoms with Crippen LogP contribution in [-0.4, -0.2) is 34.3 Å². The molecular formula is C28H27N3O5. The lowest BCUT2D eigenvalue weighted by atomic mass is 10.1. The van der Waals surface area contributed by atoms with Crippen LogP contribution in [0.5, 0.6) is 5.75 Å². The van der Waals surface area contributed by atoms with Gasteiger partial charge < -0.3 is 9.47 Å². The van der Waals surface area contributed by atoms with Gasteiger partial charge in [0.25, 0.3) is 5.56 Å². The molecule has 5 rings (SSSR count). The predicted molar refractivity (Wildman–Crippen MR) is 136 cm³/mol. The molecule has 184 valence electrons. The van der Waals surface area contributed by atoms with Crippen LogP contribution in [0.1, 0.15) is 51.5 Å². The zero-order valence-corrected chi connectivity index (χ0v) is 20.7. The van der Waals surface area contributed by atoms with Gasteiger partial charge in [-0.15, -0.1) is 0 Å². The van der Waals surface area contributed by atoms with E-state index in [2.05, 4.69) is 0 Å². The lowest BCUT2D eigenvalue weighted by Gasteiger charge is -2.18. The highest BCUT2D eigenvalue weighted by Gasteiger charge is 2.30. The lowest BCUT2D eigenvalue weighted by Crippen LogP contribution is -2.41. The number of hydrogen-bond acceptors (Lipinski definition) is 6. The molecule has 2 aromatic carbocycles. The Morgan fingerprint density at radius 3 is 2.50 bits per heavy atom. The van der Waals surface area contributed by atoms with Gasteiger partial charge in [0.15, 0.2) is 5.65 Å². The number of ether oxygens (including phenoxy) is 2. The second kappa shape index (κ2) is 9.11. The third-order valence-electron chi connectivity index (χ3n) is 6.67. The van der Waals surface area contributed by atoms with Gasteiger partial charge in [-0.25, -0.2) is 19.1 Å². The van der Waals surface area contributed by atoms with Crippen LogP contribution in [0.4, 0.5) is 0 Å². The Kier molecular flexibility index (Phi) is 5.96. The van der Waals surface area contributed by atoms with Crippen LogP contribution in [0.25, 0.3) is 16.7 Å². The molecule has 0 unspecified atom stereocenters. The lowest BCUT2D eigenvalue weighted by molar-refractivity contribution is 0.0602. The summed E-state index contributed by atoms with van der Waals surface area (Å²) in [7, 11) is 2.79. The minimum atomic E-state index is -0.648. The fourth-order valence-corrected chi connectivity index (χ4v) is 4.53. The van der Waals surface area contributed by atoms with Crippen LogP contribution in [0.15, 0.2) is 58.1 Å². The van der Waals surface area contributed by atoms with Crippen molar-refractivity contribution in [3.05, 3.63) is 97.3 Å². The Hall–Kier alpha value is -4.20. The number of esters is 1. The van der Waals surface area contributed by atoms with Gasteiger partial charge in [-0.2, -0.15) is 0 Å². The van der Waals surface area contributed by atoms with Crippen LogP contribution in [0.2, 0.25) is 0 Å². The maximum Gasteiger partial charge on any atom is 0.338 e. The maximum atomic E-state index is 14.0. The number of pyridine rings is 1. The highest BCUT2D eigenvalue weighted by molar-refractivity contribution is 6.02. The normalized spacial score (nSPS) is 13.1. The monoisotopic (exact) mass is 485 g/mol. The minimum absolute atomic E-state index is 0.0429. The van der Waals surface area contributed by atoms with Crippen LogP contribution < -0.4 is 16.0 Å². The molecule has 0 N–H and O–H groups in total. The molecule has 8 nitrogen and oxygen atoms in total. The molecule has 0 spiro atoms. The molecule has 0 bridgehead atoms. The van der Waals surface area contributed by atoms with Crippen LogP contribution in [-0.2, 0) is 11.3 Å². The topological polar surface area (TPSA) is 92.4 Å². The smallest absolute Gasteiger partial charge is 0.338 e. The first-order valence-corrected chi connectivity index (χ1v) is 11.8. The number of hydrogen-bond donors (Lipinski definition) is 0. The number of fused-ring (bicyclic) bond motifs is 1. The molecular weight excluding hydrogens is 458 g/mol. The molecule has 8 heteroatoms. The molecule has 4 aromatic rings. The molecule has 36 heavy (non-hydrogen) atoms. The molecule has 0 amide bonds. The summed E-state index contributed by atoms with van der Waals surface area (Å²) in [6, 6.07) is 14.6. The van der Waals surface area contributed by atoms with Crippen molar-refractivity contribution in [2.45, 2.75) is 39.2 Å². The molecule has 2 aromatic heterocycles. The summed E-state index contributed by atoms with van der Waals surface area (Å²) in [6.07, 6.45) is 1.86. The molecule has 0 aliphatic heterocycles. The number of carbonyl (C=O) groups excluding carboxylic acids is 1. The maximum absolute atomic E-state index is 14.0. The number of methoxy groups -OCH3 is 2. The average Bonchev–Trinajstić information content (AvgIpc) is 3.73. The third-order valence-corrected chi connectivity index (χ3v) is 6.67. The molecule has 1 fully saturated rings. The van der Waals surface area contributed by atoms with E-state index in [1.807, 2.05) is 32.0 Å². The molecule has 0 saturated heterocycles. The largest absolute Gasteiger partial charge is 0.495 e. The number of aromatic nitrogens is 3. The summed E-state index contributed by atoms with van der Waals surface area (Å²) in [4.78, 5) is 45.6. The summed E-state index contributed by atoms with van der Waals surface area (Å²) in [5.74, 6) is -0.0302. The van der Waals surface area contributed by atoms with E-state index < -0.39 is 17.2 Å². The van der Waals surface area contributed by atoms with E-state index in [0.29, 0.717) is 17.1 Å². The first kappa shape index (κ1) is 23.5. The Bertz CT molecular complexity index is 1630. The van der Waals surface area contributed by atoms with E-state index in [9.17, 15) is 14.4 Å². The van der Waals surface area contributed by atoms with E-state index in [1.54, 1.807) is 30.3 Å². The predicted octanol–water partition coefficient (Wildman–Crippen LogP) is 3.89. The first-order valence-electron chi connectivity index (χ1n) is 11.8. The first-order chi connectivity index (χ1) is 17.3. The summed E-state index contributed by atoms with van der Waals surface area (Å²) >= 11 is 0. The SMILES string of the molecule is COC(=O)c1cc(C2CC2)nc2c1c(=O)n(Cc1cc(C)ccc1C)c(=O)n2-c1ccccc1OC. The number of aryl methyl sites for hydroxylation is 2. The summed E-state index contributed by atoms with van der Waals surface area (Å²) in [6.45, 7) is 3.93. The summed E-state index contributed by atoms with van der Waals surface area (Å²) in [5, 5.41) is 0.0436. The highest BCUT2D eigenvalue weighted by Crippen LogP contribution is 2.40. The van der Waals surface area contributed by atoms with E-state index >= 15 is 0 Å². The van der Waals surface area contributed by atoms with Gasteiger partial charge in [0.05, 0.1) is 37.4 Å². The van der Waals surface area contributed by atoms with Gasteiger partial charge in [-0.05, 0) is 56.0 Å².